The van der Waals surface area contributed by atoms with E-state index >= 15 is 0 Å². The maximum Gasteiger partial charge on any atom is 0.208 e. The van der Waals surface area contributed by atoms with Crippen molar-refractivity contribution < 1.29 is 0 Å². The monoisotopic (exact) mass is 184 g/mol. The van der Waals surface area contributed by atoms with E-state index in [0.29, 0.717) is 6.04 Å². The Balaban J connectivity index is 2.45. The fraction of sp³-hybridized carbons (Fsp3) is 0.889. The minimum atomic E-state index is 0.682. The van der Waals surface area contributed by atoms with Crippen molar-refractivity contribution in [2.45, 2.75) is 38.6 Å². The Hall–Kier alpha value is -0.770. The molecular weight excluding hydrogens is 164 g/mol. The molecule has 13 heavy (non-hydrogen) atoms. The van der Waals surface area contributed by atoms with Crippen LogP contribution in [0.4, 0.5) is 0 Å². The third-order valence-corrected chi connectivity index (χ3v) is 2.35. The molecule has 0 heterocycles. The first-order valence-corrected chi connectivity index (χ1v) is 5.03. The van der Waals surface area contributed by atoms with Gasteiger partial charge in [0.15, 0.2) is 0 Å². The Morgan fingerprint density at radius 2 is 2.31 bits per heavy atom. The summed E-state index contributed by atoms with van der Waals surface area (Å²) in [6.45, 7) is 3.27. The Kier molecular flexibility index (Phi) is 4.02. The summed E-state index contributed by atoms with van der Waals surface area (Å²) in [7, 11) is 1.77. The van der Waals surface area contributed by atoms with Gasteiger partial charge in [0.05, 0.1) is 0 Å². The van der Waals surface area contributed by atoms with Gasteiger partial charge in [0, 0.05) is 19.6 Å². The van der Waals surface area contributed by atoms with Crippen LogP contribution in [0.3, 0.4) is 0 Å². The van der Waals surface area contributed by atoms with Crippen molar-refractivity contribution in [1.82, 2.24) is 10.3 Å². The topological polar surface area (TPSA) is 53.6 Å². The van der Waals surface area contributed by atoms with Crippen LogP contribution in [0.5, 0.6) is 0 Å². The van der Waals surface area contributed by atoms with Crippen molar-refractivity contribution in [3.8, 4) is 0 Å². The van der Waals surface area contributed by atoms with E-state index in [4.69, 9.17) is 5.84 Å². The van der Waals surface area contributed by atoms with Crippen LogP contribution >= 0.6 is 0 Å². The number of hydrogen-bond acceptors (Lipinski definition) is 2. The standard InChI is InChI=1S/C9H20N4/c1-3-4-7-13(8-5-6-8)9(11-2)12-10/h8H,3-7,10H2,1-2H3,(H,11,12). The number of nitrogens with zero attached hydrogens (tertiary/aromatic N) is 2. The highest BCUT2D eigenvalue weighted by molar-refractivity contribution is 5.79. The zero-order chi connectivity index (χ0) is 9.68. The first-order valence-electron chi connectivity index (χ1n) is 5.03. The Morgan fingerprint density at radius 1 is 1.62 bits per heavy atom. The average molecular weight is 184 g/mol. The third-order valence-electron chi connectivity index (χ3n) is 2.35. The largest absolute Gasteiger partial charge is 0.339 e. The summed E-state index contributed by atoms with van der Waals surface area (Å²) in [6.07, 6.45) is 4.98. The predicted molar refractivity (Wildman–Crippen MR) is 55.3 cm³/mol. The summed E-state index contributed by atoms with van der Waals surface area (Å²) in [4.78, 5) is 6.41. The molecule has 0 bridgehead atoms. The summed E-state index contributed by atoms with van der Waals surface area (Å²) in [6, 6.07) is 0.682. The number of aliphatic imine (C=N–C) groups is 1. The van der Waals surface area contributed by atoms with Crippen LogP contribution in [-0.4, -0.2) is 30.5 Å². The first-order chi connectivity index (χ1) is 6.33. The lowest BCUT2D eigenvalue weighted by atomic mass is 10.3. The lowest BCUT2D eigenvalue weighted by Gasteiger charge is -2.24. The van der Waals surface area contributed by atoms with E-state index in [2.05, 4.69) is 22.2 Å². The smallest absolute Gasteiger partial charge is 0.208 e. The highest BCUT2D eigenvalue weighted by Crippen LogP contribution is 2.26. The SMILES string of the molecule is CCCCN(C(=NC)NN)C1CC1. The lowest BCUT2D eigenvalue weighted by Crippen LogP contribution is -2.46. The van der Waals surface area contributed by atoms with Crippen molar-refractivity contribution in [3.05, 3.63) is 0 Å². The van der Waals surface area contributed by atoms with Gasteiger partial charge in [0.2, 0.25) is 5.96 Å². The minimum Gasteiger partial charge on any atom is -0.339 e. The number of nitrogens with one attached hydrogen (secondary N) is 1. The predicted octanol–water partition coefficient (Wildman–Crippen LogP) is 0.700. The average Bonchev–Trinajstić information content (AvgIpc) is 2.95. The molecule has 1 aliphatic carbocycles. The minimum absolute atomic E-state index is 0.682. The van der Waals surface area contributed by atoms with Crippen molar-refractivity contribution in [3.63, 3.8) is 0 Å². The van der Waals surface area contributed by atoms with Crippen molar-refractivity contribution in [2.24, 2.45) is 10.8 Å². The van der Waals surface area contributed by atoms with E-state index in [-0.39, 0.29) is 0 Å². The van der Waals surface area contributed by atoms with Crippen LogP contribution in [-0.2, 0) is 0 Å². The van der Waals surface area contributed by atoms with E-state index in [9.17, 15) is 0 Å². The van der Waals surface area contributed by atoms with Crippen molar-refractivity contribution >= 4 is 5.96 Å². The molecule has 0 saturated heterocycles. The second-order valence-corrected chi connectivity index (χ2v) is 3.47. The lowest BCUT2D eigenvalue weighted by molar-refractivity contribution is 0.385. The van der Waals surface area contributed by atoms with E-state index in [1.54, 1.807) is 7.05 Å². The molecule has 3 N–H and O–H groups in total. The molecule has 0 aromatic heterocycles. The second kappa shape index (κ2) is 5.07. The number of unbranched alkanes of at least 4 members (excludes halogenated alkanes) is 1. The first kappa shape index (κ1) is 10.3. The molecule has 0 aromatic rings. The number of hydrazine groups is 1. The highest BCUT2D eigenvalue weighted by Gasteiger charge is 2.30. The van der Waals surface area contributed by atoms with Crippen LogP contribution in [0, 0.1) is 0 Å². The molecule has 1 saturated carbocycles. The van der Waals surface area contributed by atoms with Crippen LogP contribution < -0.4 is 11.3 Å². The second-order valence-electron chi connectivity index (χ2n) is 3.47. The maximum absolute atomic E-state index is 5.40. The molecule has 1 rings (SSSR count). The molecule has 1 aliphatic rings. The van der Waals surface area contributed by atoms with Crippen molar-refractivity contribution in [2.75, 3.05) is 13.6 Å². The number of rotatable bonds is 4. The van der Waals surface area contributed by atoms with Crippen LogP contribution in [0.1, 0.15) is 32.6 Å². The number of guanidine groups is 1. The van der Waals surface area contributed by atoms with Gasteiger partial charge in [0.25, 0.3) is 0 Å². The fourth-order valence-corrected chi connectivity index (χ4v) is 1.45. The fourth-order valence-electron chi connectivity index (χ4n) is 1.45. The molecule has 0 spiro atoms. The summed E-state index contributed by atoms with van der Waals surface area (Å²) in [5, 5.41) is 0. The van der Waals surface area contributed by atoms with Gasteiger partial charge in [0.1, 0.15) is 0 Å². The molecule has 0 aromatic carbocycles. The molecule has 4 heteroatoms. The molecule has 0 aliphatic heterocycles. The third kappa shape index (κ3) is 2.88. The van der Waals surface area contributed by atoms with E-state index < -0.39 is 0 Å². The van der Waals surface area contributed by atoms with Gasteiger partial charge < -0.3 is 4.90 Å². The van der Waals surface area contributed by atoms with E-state index in [1.165, 1.54) is 25.7 Å². The molecular formula is C9H20N4. The Morgan fingerprint density at radius 3 is 2.69 bits per heavy atom. The van der Waals surface area contributed by atoms with Gasteiger partial charge in [-0.15, -0.1) is 0 Å². The Bertz CT molecular complexity index is 174. The van der Waals surface area contributed by atoms with Gasteiger partial charge in [-0.25, -0.2) is 5.84 Å². The molecule has 0 unspecified atom stereocenters. The zero-order valence-corrected chi connectivity index (χ0v) is 8.58. The summed E-state index contributed by atoms with van der Waals surface area (Å²) in [5.74, 6) is 6.23. The van der Waals surface area contributed by atoms with Gasteiger partial charge >= 0.3 is 0 Å². The highest BCUT2D eigenvalue weighted by atomic mass is 15.4. The molecule has 1 fully saturated rings. The van der Waals surface area contributed by atoms with Gasteiger partial charge in [-0.2, -0.15) is 0 Å². The molecule has 0 radical (unpaired) electrons. The molecule has 76 valence electrons. The van der Waals surface area contributed by atoms with Crippen LogP contribution in [0.25, 0.3) is 0 Å². The van der Waals surface area contributed by atoms with Gasteiger partial charge in [-0.3, -0.25) is 10.4 Å². The summed E-state index contributed by atoms with van der Waals surface area (Å²) >= 11 is 0. The van der Waals surface area contributed by atoms with Gasteiger partial charge in [-0.05, 0) is 19.3 Å². The quantitative estimate of drug-likeness (QED) is 0.293. The summed E-state index contributed by atoms with van der Waals surface area (Å²) in [5.41, 5.74) is 2.66. The van der Waals surface area contributed by atoms with Crippen molar-refractivity contribution in [1.29, 1.82) is 0 Å². The number of nitrogens with two attached hydrogens (primary N) is 1. The molecule has 0 atom stereocenters. The zero-order valence-electron chi connectivity index (χ0n) is 8.58. The van der Waals surface area contributed by atoms with E-state index in [0.717, 1.165) is 12.5 Å². The molecule has 0 amide bonds. The van der Waals surface area contributed by atoms with Crippen LogP contribution in [0.15, 0.2) is 4.99 Å². The van der Waals surface area contributed by atoms with E-state index in [1.807, 2.05) is 0 Å². The Labute approximate surface area is 80.2 Å². The van der Waals surface area contributed by atoms with Gasteiger partial charge in [-0.1, -0.05) is 13.3 Å². The summed E-state index contributed by atoms with van der Waals surface area (Å²) < 4.78 is 0. The maximum atomic E-state index is 5.40. The van der Waals surface area contributed by atoms with Crippen LogP contribution in [0.2, 0.25) is 0 Å². The number of hydrogen-bond donors (Lipinski definition) is 2. The normalized spacial score (nSPS) is 17.3. The molecule has 4 nitrogen and oxygen atoms in total.